The molecule has 0 aliphatic rings. The zero-order valence-corrected chi connectivity index (χ0v) is 21.1. The monoisotopic (exact) mass is 414 g/mol. The normalized spacial score (nSPS) is 13.9. The molecule has 0 aromatic heterocycles. The predicted octanol–water partition coefficient (Wildman–Crippen LogP) is 2.94. The minimum absolute atomic E-state index is 0. The third kappa shape index (κ3) is 19.9. The summed E-state index contributed by atoms with van der Waals surface area (Å²) in [7, 11) is -4.23. The van der Waals surface area contributed by atoms with E-state index in [0.29, 0.717) is 25.7 Å². The Morgan fingerprint density at radius 2 is 1.11 bits per heavy atom. The van der Waals surface area contributed by atoms with Crippen LogP contribution in [0.5, 0.6) is 0 Å². The fraction of sp³-hybridized carbons (Fsp3) is 1.00. The summed E-state index contributed by atoms with van der Waals surface area (Å²) in [6.45, 7) is 4.13. The van der Waals surface area contributed by atoms with E-state index in [9.17, 15) is 18.1 Å². The van der Waals surface area contributed by atoms with Crippen LogP contribution in [0.15, 0.2) is 0 Å². The van der Waals surface area contributed by atoms with Gasteiger partial charge in [-0.1, -0.05) is 97.3 Å². The maximum Gasteiger partial charge on any atom is 1.00 e. The van der Waals surface area contributed by atoms with Crippen molar-refractivity contribution >= 4 is 10.1 Å². The van der Waals surface area contributed by atoms with Crippen molar-refractivity contribution in [3.05, 3.63) is 0 Å². The van der Waals surface area contributed by atoms with Gasteiger partial charge in [0.2, 0.25) is 0 Å². The van der Waals surface area contributed by atoms with Crippen molar-refractivity contribution in [3.8, 4) is 0 Å². The van der Waals surface area contributed by atoms with E-state index in [1.165, 1.54) is 64.2 Å². The van der Waals surface area contributed by atoms with E-state index in [0.717, 1.165) is 19.3 Å². The van der Waals surface area contributed by atoms with Crippen molar-refractivity contribution in [1.82, 2.24) is 0 Å². The first-order valence-corrected chi connectivity index (χ1v) is 12.5. The molecular formula is C21H43NaO4S. The van der Waals surface area contributed by atoms with Crippen molar-refractivity contribution in [2.45, 2.75) is 134 Å². The molecule has 0 aliphatic carbocycles. The number of aliphatic hydroxyl groups excluding tert-OH is 1. The molecule has 27 heavy (non-hydrogen) atoms. The maximum atomic E-state index is 11.2. The van der Waals surface area contributed by atoms with Crippen LogP contribution in [0.1, 0.15) is 123 Å². The van der Waals surface area contributed by atoms with Crippen LogP contribution in [0.25, 0.3) is 0 Å². The second-order valence-electron chi connectivity index (χ2n) is 7.81. The van der Waals surface area contributed by atoms with Crippen LogP contribution >= 0.6 is 0 Å². The van der Waals surface area contributed by atoms with Gasteiger partial charge in [0.1, 0.15) is 0 Å². The SMILES string of the molecule is CCCCCCCCCCCCCCC(O)CCC(CCC)S(=O)(=O)[O-].[Na+]. The summed E-state index contributed by atoms with van der Waals surface area (Å²) in [5.41, 5.74) is 0. The topological polar surface area (TPSA) is 77.4 Å². The molecule has 0 amide bonds. The average molecular weight is 415 g/mol. The van der Waals surface area contributed by atoms with Gasteiger partial charge in [-0.25, -0.2) is 8.42 Å². The Bertz CT molecular complexity index is 401. The second kappa shape index (κ2) is 20.2. The Morgan fingerprint density at radius 1 is 0.667 bits per heavy atom. The molecule has 0 spiro atoms. The third-order valence-corrected chi connectivity index (χ3v) is 6.52. The molecule has 158 valence electrons. The first kappa shape index (κ1) is 30.1. The number of hydrogen-bond acceptors (Lipinski definition) is 4. The van der Waals surface area contributed by atoms with Crippen LogP contribution in [0.3, 0.4) is 0 Å². The second-order valence-corrected chi connectivity index (χ2v) is 9.46. The van der Waals surface area contributed by atoms with E-state index < -0.39 is 21.5 Å². The molecule has 0 rings (SSSR count). The molecule has 0 aliphatic heterocycles. The van der Waals surface area contributed by atoms with E-state index in [4.69, 9.17) is 0 Å². The van der Waals surface area contributed by atoms with Crippen LogP contribution in [0, 0.1) is 0 Å². The predicted molar refractivity (Wildman–Crippen MR) is 109 cm³/mol. The van der Waals surface area contributed by atoms with E-state index >= 15 is 0 Å². The Balaban J connectivity index is 0. The summed E-state index contributed by atoms with van der Waals surface area (Å²) in [6.07, 6.45) is 17.5. The Labute approximate surface area is 191 Å². The molecule has 0 radical (unpaired) electrons. The standard InChI is InChI=1S/C21H44O4S.Na/c1-3-5-6-7-8-9-10-11-12-13-14-15-17-20(22)18-19-21(16-4-2)26(23,24)25;/h20-22H,3-19H2,1-2H3,(H,23,24,25);/q;+1/p-1. The number of aliphatic hydroxyl groups is 1. The van der Waals surface area contributed by atoms with Gasteiger partial charge < -0.3 is 9.66 Å². The van der Waals surface area contributed by atoms with Crippen molar-refractivity contribution < 1.29 is 47.6 Å². The molecule has 0 heterocycles. The Morgan fingerprint density at radius 3 is 1.52 bits per heavy atom. The smallest absolute Gasteiger partial charge is 0.748 e. The van der Waals surface area contributed by atoms with Crippen molar-refractivity contribution in [3.63, 3.8) is 0 Å². The van der Waals surface area contributed by atoms with Gasteiger partial charge in [-0.2, -0.15) is 0 Å². The summed E-state index contributed by atoms with van der Waals surface area (Å²) in [6, 6.07) is 0. The average Bonchev–Trinajstić information content (AvgIpc) is 2.58. The molecule has 0 saturated heterocycles. The largest absolute Gasteiger partial charge is 1.00 e. The fourth-order valence-corrected chi connectivity index (χ4v) is 4.45. The van der Waals surface area contributed by atoms with E-state index in [2.05, 4.69) is 6.92 Å². The summed E-state index contributed by atoms with van der Waals surface area (Å²) in [5.74, 6) is 0. The quantitative estimate of drug-likeness (QED) is 0.200. The van der Waals surface area contributed by atoms with Gasteiger partial charge in [-0.05, 0) is 25.7 Å². The first-order valence-electron chi connectivity index (χ1n) is 11.0. The van der Waals surface area contributed by atoms with Crippen molar-refractivity contribution in [2.75, 3.05) is 0 Å². The Kier molecular flexibility index (Phi) is 22.4. The van der Waals surface area contributed by atoms with Gasteiger partial charge in [0.05, 0.1) is 16.2 Å². The molecule has 4 nitrogen and oxygen atoms in total. The van der Waals surface area contributed by atoms with Crippen molar-refractivity contribution in [1.29, 1.82) is 0 Å². The van der Waals surface area contributed by atoms with E-state index in [1.54, 1.807) is 0 Å². The van der Waals surface area contributed by atoms with Crippen LogP contribution < -0.4 is 29.6 Å². The molecular weight excluding hydrogens is 371 g/mol. The molecule has 1 N–H and O–H groups in total. The van der Waals surface area contributed by atoms with Gasteiger partial charge in [0, 0.05) is 5.25 Å². The molecule has 0 saturated carbocycles. The molecule has 0 bridgehead atoms. The van der Waals surface area contributed by atoms with E-state index in [1.807, 2.05) is 6.92 Å². The third-order valence-electron chi connectivity index (χ3n) is 5.23. The zero-order chi connectivity index (χ0) is 19.7. The molecule has 0 aromatic carbocycles. The van der Waals surface area contributed by atoms with Crippen LogP contribution in [-0.2, 0) is 10.1 Å². The van der Waals surface area contributed by atoms with Gasteiger partial charge in [0.25, 0.3) is 0 Å². The van der Waals surface area contributed by atoms with Crippen LogP contribution in [0.2, 0.25) is 0 Å². The summed E-state index contributed by atoms with van der Waals surface area (Å²) in [4.78, 5) is 0. The first-order chi connectivity index (χ1) is 12.4. The van der Waals surface area contributed by atoms with Crippen LogP contribution in [-0.4, -0.2) is 29.4 Å². The maximum absolute atomic E-state index is 11.2. The van der Waals surface area contributed by atoms with Gasteiger partial charge in [0.15, 0.2) is 0 Å². The number of rotatable bonds is 19. The molecule has 0 aromatic rings. The van der Waals surface area contributed by atoms with E-state index in [-0.39, 0.29) is 29.6 Å². The summed E-state index contributed by atoms with van der Waals surface area (Å²) >= 11 is 0. The minimum Gasteiger partial charge on any atom is -0.748 e. The molecule has 2 atom stereocenters. The molecule has 2 unspecified atom stereocenters. The molecule has 6 heteroatoms. The van der Waals surface area contributed by atoms with Crippen LogP contribution in [0.4, 0.5) is 0 Å². The fourth-order valence-electron chi connectivity index (χ4n) is 3.50. The minimum atomic E-state index is -4.23. The van der Waals surface area contributed by atoms with Crippen molar-refractivity contribution in [2.24, 2.45) is 0 Å². The molecule has 0 fully saturated rings. The van der Waals surface area contributed by atoms with Gasteiger partial charge in [-0.3, -0.25) is 0 Å². The Hall–Kier alpha value is 0.870. The van der Waals surface area contributed by atoms with Gasteiger partial charge >= 0.3 is 29.6 Å². The number of unbranched alkanes of at least 4 members (excludes halogenated alkanes) is 11. The summed E-state index contributed by atoms with van der Waals surface area (Å²) in [5, 5.41) is 9.17. The zero-order valence-electron chi connectivity index (χ0n) is 18.3. The van der Waals surface area contributed by atoms with Gasteiger partial charge in [-0.15, -0.1) is 0 Å². The number of hydrogen-bond donors (Lipinski definition) is 1. The summed E-state index contributed by atoms with van der Waals surface area (Å²) < 4.78 is 33.5.